The van der Waals surface area contributed by atoms with Gasteiger partial charge < -0.3 is 16.2 Å². The molecule has 0 saturated heterocycles. The van der Waals surface area contributed by atoms with Gasteiger partial charge in [0.25, 0.3) is 0 Å². The average molecular weight is 232 g/mol. The lowest BCUT2D eigenvalue weighted by Gasteiger charge is -2.11. The van der Waals surface area contributed by atoms with E-state index in [9.17, 15) is 0 Å². The summed E-state index contributed by atoms with van der Waals surface area (Å²) in [7, 11) is 3.49. The number of anilines is 1. The molecule has 0 saturated carbocycles. The molecule has 0 aliphatic heterocycles. The van der Waals surface area contributed by atoms with Gasteiger partial charge in [0, 0.05) is 19.2 Å². The summed E-state index contributed by atoms with van der Waals surface area (Å²) in [4.78, 5) is 0. The third-order valence-electron chi connectivity index (χ3n) is 2.75. The highest BCUT2D eigenvalue weighted by Crippen LogP contribution is 2.30. The Hall–Kier alpha value is -2.01. The standard InChI is InChI=1S/C12H16N4O/c1-16-12(11(14)7-15-16)10-4-3-9(17-2)5-8(10)6-13/h3-5,7H,6,13-14H2,1-2H3. The molecular weight excluding hydrogens is 216 g/mol. The molecule has 1 heterocycles. The summed E-state index contributed by atoms with van der Waals surface area (Å²) < 4.78 is 6.93. The van der Waals surface area contributed by atoms with E-state index in [1.165, 1.54) is 0 Å². The van der Waals surface area contributed by atoms with Gasteiger partial charge in [-0.3, -0.25) is 4.68 Å². The fourth-order valence-corrected chi connectivity index (χ4v) is 1.88. The lowest BCUT2D eigenvalue weighted by molar-refractivity contribution is 0.414. The number of nitrogens with two attached hydrogens (primary N) is 2. The van der Waals surface area contributed by atoms with E-state index in [1.807, 2.05) is 25.2 Å². The zero-order valence-electron chi connectivity index (χ0n) is 9.97. The molecule has 0 radical (unpaired) electrons. The van der Waals surface area contributed by atoms with Gasteiger partial charge >= 0.3 is 0 Å². The van der Waals surface area contributed by atoms with Crippen molar-refractivity contribution in [3.05, 3.63) is 30.0 Å². The topological polar surface area (TPSA) is 79.1 Å². The largest absolute Gasteiger partial charge is 0.497 e. The predicted molar refractivity (Wildman–Crippen MR) is 67.5 cm³/mol. The summed E-state index contributed by atoms with van der Waals surface area (Å²) in [5, 5.41) is 4.13. The molecule has 1 aromatic heterocycles. The number of nitrogens with zero attached hydrogens (tertiary/aromatic N) is 2. The molecule has 5 nitrogen and oxygen atoms in total. The van der Waals surface area contributed by atoms with Crippen LogP contribution in [-0.2, 0) is 13.6 Å². The number of nitrogen functional groups attached to an aromatic ring is 1. The molecule has 1 aromatic carbocycles. The van der Waals surface area contributed by atoms with Gasteiger partial charge in [-0.2, -0.15) is 5.10 Å². The van der Waals surface area contributed by atoms with E-state index in [0.717, 1.165) is 22.6 Å². The summed E-state index contributed by atoms with van der Waals surface area (Å²) >= 11 is 0. The summed E-state index contributed by atoms with van der Waals surface area (Å²) in [5.74, 6) is 0.787. The first kappa shape index (κ1) is 11.5. The van der Waals surface area contributed by atoms with Crippen molar-refractivity contribution in [2.45, 2.75) is 6.54 Å². The van der Waals surface area contributed by atoms with Crippen LogP contribution in [0.25, 0.3) is 11.3 Å². The number of aryl methyl sites for hydroxylation is 1. The molecule has 0 aliphatic carbocycles. The van der Waals surface area contributed by atoms with Crippen molar-refractivity contribution in [2.75, 3.05) is 12.8 Å². The van der Waals surface area contributed by atoms with Crippen molar-refractivity contribution in [1.82, 2.24) is 9.78 Å². The molecule has 90 valence electrons. The smallest absolute Gasteiger partial charge is 0.119 e. The normalized spacial score (nSPS) is 10.5. The monoisotopic (exact) mass is 232 g/mol. The van der Waals surface area contributed by atoms with Crippen LogP contribution in [0.1, 0.15) is 5.56 Å². The van der Waals surface area contributed by atoms with Gasteiger partial charge in [-0.05, 0) is 23.8 Å². The molecule has 0 aliphatic rings. The number of rotatable bonds is 3. The molecule has 0 atom stereocenters. The quantitative estimate of drug-likeness (QED) is 0.831. The van der Waals surface area contributed by atoms with E-state index in [1.54, 1.807) is 18.0 Å². The Morgan fingerprint density at radius 1 is 1.41 bits per heavy atom. The second-order valence-electron chi connectivity index (χ2n) is 3.80. The Kier molecular flexibility index (Phi) is 3.01. The number of ether oxygens (including phenoxy) is 1. The lowest BCUT2D eigenvalue weighted by Crippen LogP contribution is -2.03. The van der Waals surface area contributed by atoms with Crippen molar-refractivity contribution in [2.24, 2.45) is 12.8 Å². The van der Waals surface area contributed by atoms with E-state index >= 15 is 0 Å². The van der Waals surface area contributed by atoms with Gasteiger partial charge in [0.15, 0.2) is 0 Å². The number of hydrogen-bond acceptors (Lipinski definition) is 4. The molecule has 17 heavy (non-hydrogen) atoms. The molecule has 2 aromatic rings. The van der Waals surface area contributed by atoms with Crippen LogP contribution >= 0.6 is 0 Å². The maximum absolute atomic E-state index is 5.91. The first-order chi connectivity index (χ1) is 8.17. The van der Waals surface area contributed by atoms with Gasteiger partial charge in [0.2, 0.25) is 0 Å². The predicted octanol–water partition coefficient (Wildman–Crippen LogP) is 1.14. The lowest BCUT2D eigenvalue weighted by atomic mass is 10.0. The second-order valence-corrected chi connectivity index (χ2v) is 3.80. The van der Waals surface area contributed by atoms with Crippen molar-refractivity contribution in [1.29, 1.82) is 0 Å². The SMILES string of the molecule is COc1ccc(-c2c(N)cnn2C)c(CN)c1. The molecule has 4 N–H and O–H groups in total. The van der Waals surface area contributed by atoms with Gasteiger partial charge in [0.05, 0.1) is 24.7 Å². The fourth-order valence-electron chi connectivity index (χ4n) is 1.88. The van der Waals surface area contributed by atoms with E-state index in [4.69, 9.17) is 16.2 Å². The number of methoxy groups -OCH3 is 1. The number of hydrogen-bond donors (Lipinski definition) is 2. The minimum Gasteiger partial charge on any atom is -0.497 e. The highest BCUT2D eigenvalue weighted by molar-refractivity contribution is 5.75. The minimum absolute atomic E-state index is 0.428. The summed E-state index contributed by atoms with van der Waals surface area (Å²) in [6.07, 6.45) is 1.64. The molecule has 0 unspecified atom stereocenters. The molecule has 0 fully saturated rings. The van der Waals surface area contributed by atoms with Crippen LogP contribution in [0, 0.1) is 0 Å². The van der Waals surface area contributed by atoms with Gasteiger partial charge in [-0.1, -0.05) is 0 Å². The molecule has 5 heteroatoms. The Bertz CT molecular complexity index is 514. The van der Waals surface area contributed by atoms with E-state index in [-0.39, 0.29) is 0 Å². The zero-order valence-corrected chi connectivity index (χ0v) is 9.97. The summed E-state index contributed by atoms with van der Waals surface area (Å²) in [6, 6.07) is 5.76. The van der Waals surface area contributed by atoms with Crippen molar-refractivity contribution in [3.8, 4) is 17.0 Å². The van der Waals surface area contributed by atoms with Crippen LogP contribution in [-0.4, -0.2) is 16.9 Å². The first-order valence-corrected chi connectivity index (χ1v) is 5.32. The third kappa shape index (κ3) is 1.97. The maximum Gasteiger partial charge on any atom is 0.119 e. The molecule has 0 amide bonds. The van der Waals surface area contributed by atoms with Crippen molar-refractivity contribution >= 4 is 5.69 Å². The van der Waals surface area contributed by atoms with Crippen LogP contribution in [0.2, 0.25) is 0 Å². The molecular formula is C12H16N4O. The van der Waals surface area contributed by atoms with Crippen LogP contribution in [0.4, 0.5) is 5.69 Å². The van der Waals surface area contributed by atoms with Gasteiger partial charge in [-0.15, -0.1) is 0 Å². The highest BCUT2D eigenvalue weighted by Gasteiger charge is 2.12. The Balaban J connectivity index is 2.59. The first-order valence-electron chi connectivity index (χ1n) is 5.32. The fraction of sp³-hybridized carbons (Fsp3) is 0.250. The van der Waals surface area contributed by atoms with Crippen LogP contribution in [0.5, 0.6) is 5.75 Å². The minimum atomic E-state index is 0.428. The van der Waals surface area contributed by atoms with E-state index < -0.39 is 0 Å². The van der Waals surface area contributed by atoms with Crippen LogP contribution in [0.15, 0.2) is 24.4 Å². The van der Waals surface area contributed by atoms with E-state index in [0.29, 0.717) is 12.2 Å². The zero-order chi connectivity index (χ0) is 12.4. The molecule has 0 spiro atoms. The average Bonchev–Trinajstić information content (AvgIpc) is 2.68. The Morgan fingerprint density at radius 3 is 2.71 bits per heavy atom. The number of benzene rings is 1. The Morgan fingerprint density at radius 2 is 2.18 bits per heavy atom. The molecule has 0 bridgehead atoms. The summed E-state index contributed by atoms with van der Waals surface area (Å²) in [5.41, 5.74) is 15.2. The van der Waals surface area contributed by atoms with Gasteiger partial charge in [-0.25, -0.2) is 0 Å². The second kappa shape index (κ2) is 4.47. The van der Waals surface area contributed by atoms with Crippen LogP contribution < -0.4 is 16.2 Å². The van der Waals surface area contributed by atoms with Gasteiger partial charge in [0.1, 0.15) is 5.75 Å². The third-order valence-corrected chi connectivity index (χ3v) is 2.75. The van der Waals surface area contributed by atoms with E-state index in [2.05, 4.69) is 5.10 Å². The molecule has 2 rings (SSSR count). The maximum atomic E-state index is 5.91. The van der Waals surface area contributed by atoms with Crippen molar-refractivity contribution in [3.63, 3.8) is 0 Å². The Labute approximate surface area is 100.0 Å². The highest BCUT2D eigenvalue weighted by atomic mass is 16.5. The van der Waals surface area contributed by atoms with Crippen molar-refractivity contribution < 1.29 is 4.74 Å². The number of aromatic nitrogens is 2. The summed E-state index contributed by atoms with van der Waals surface area (Å²) in [6.45, 7) is 0.428. The van der Waals surface area contributed by atoms with Crippen LogP contribution in [0.3, 0.4) is 0 Å².